The van der Waals surface area contributed by atoms with Gasteiger partial charge in [0.2, 0.25) is 11.8 Å². The molecule has 8 nitrogen and oxygen atoms in total. The third-order valence-electron chi connectivity index (χ3n) is 6.58. The zero-order valence-electron chi connectivity index (χ0n) is 21.2. The molecule has 3 aromatic rings. The Morgan fingerprint density at radius 2 is 1.92 bits per heavy atom. The average molecular weight is 578 g/mol. The highest BCUT2D eigenvalue weighted by molar-refractivity contribution is 7.85. The van der Waals surface area contributed by atoms with Gasteiger partial charge in [0.05, 0.1) is 17.3 Å². The molecule has 2 amide bonds. The largest absolute Gasteiger partial charge is 0.350 e. The van der Waals surface area contributed by atoms with Gasteiger partial charge in [-0.05, 0) is 19.1 Å². The van der Waals surface area contributed by atoms with E-state index < -0.39 is 40.6 Å². The summed E-state index contributed by atoms with van der Waals surface area (Å²) in [5, 5.41) is 2.97. The molecule has 1 N–H and O–H groups in total. The Hall–Kier alpha value is -3.44. The standard InChI is InChI=1S/C27H26ClF2N3O5S/c1-15(34)20-12-32(22-8-16(6-7-19(20)22)24(35)14-39(2)38)13-25(36)33-11-18(29)9-23(33)27(37)31-10-17-4-3-5-21(28)26(17)30/h3-8,12,18,23H,9-11,13-14H2,1-2H3,(H,31,37). The van der Waals surface area contributed by atoms with Crippen LogP contribution in [0.4, 0.5) is 8.78 Å². The number of Topliss-reactive ketones (excluding diaryl/α,β-unsaturated/α-hetero) is 2. The van der Waals surface area contributed by atoms with E-state index in [0.717, 1.165) is 4.90 Å². The Labute approximate surface area is 230 Å². The zero-order chi connectivity index (χ0) is 28.4. The van der Waals surface area contributed by atoms with E-state index in [4.69, 9.17) is 11.6 Å². The van der Waals surface area contributed by atoms with Gasteiger partial charge in [0.15, 0.2) is 11.6 Å². The first-order valence-corrected chi connectivity index (χ1v) is 14.2. The van der Waals surface area contributed by atoms with Crippen LogP contribution in [0.3, 0.4) is 0 Å². The van der Waals surface area contributed by atoms with Gasteiger partial charge in [-0.2, -0.15) is 0 Å². The maximum Gasteiger partial charge on any atom is 0.243 e. The number of amides is 2. The summed E-state index contributed by atoms with van der Waals surface area (Å²) in [6, 6.07) is 7.91. The van der Waals surface area contributed by atoms with Gasteiger partial charge in [0, 0.05) is 63.8 Å². The van der Waals surface area contributed by atoms with Gasteiger partial charge >= 0.3 is 0 Å². The summed E-state index contributed by atoms with van der Waals surface area (Å²) in [6.07, 6.45) is 1.25. The molecule has 2 heterocycles. The number of aromatic nitrogens is 1. The maximum atomic E-state index is 14.4. The number of fused-ring (bicyclic) bond motifs is 1. The highest BCUT2D eigenvalue weighted by Crippen LogP contribution is 2.26. The van der Waals surface area contributed by atoms with Crippen molar-refractivity contribution in [3.63, 3.8) is 0 Å². The molecule has 1 fully saturated rings. The van der Waals surface area contributed by atoms with Crippen LogP contribution < -0.4 is 5.32 Å². The summed E-state index contributed by atoms with van der Waals surface area (Å²) in [5.74, 6) is -2.66. The smallest absolute Gasteiger partial charge is 0.243 e. The predicted molar refractivity (Wildman–Crippen MR) is 143 cm³/mol. The minimum absolute atomic E-state index is 0.0973. The lowest BCUT2D eigenvalue weighted by Gasteiger charge is -2.24. The first-order valence-electron chi connectivity index (χ1n) is 12.1. The SMILES string of the molecule is CC(=O)c1cn(CC(=O)N2CC(F)CC2C(=O)NCc2cccc(Cl)c2F)c2cc(C(=O)CS(C)=O)ccc12. The van der Waals surface area contributed by atoms with Crippen molar-refractivity contribution >= 4 is 56.7 Å². The molecule has 0 spiro atoms. The molecular formula is C27H26ClF2N3O5S. The Balaban J connectivity index is 1.56. The molecule has 39 heavy (non-hydrogen) atoms. The van der Waals surface area contributed by atoms with Gasteiger partial charge < -0.3 is 14.8 Å². The molecule has 12 heteroatoms. The van der Waals surface area contributed by atoms with Crippen LogP contribution in [-0.4, -0.2) is 67.8 Å². The van der Waals surface area contributed by atoms with E-state index >= 15 is 0 Å². The van der Waals surface area contributed by atoms with Crippen molar-refractivity contribution < 1.29 is 32.2 Å². The maximum absolute atomic E-state index is 14.4. The second kappa shape index (κ2) is 11.7. The summed E-state index contributed by atoms with van der Waals surface area (Å²) in [7, 11) is -1.35. The first-order chi connectivity index (χ1) is 18.5. The molecule has 1 aliphatic heterocycles. The van der Waals surface area contributed by atoms with E-state index in [9.17, 15) is 32.2 Å². The number of ketones is 2. The Kier molecular flexibility index (Phi) is 8.60. The summed E-state index contributed by atoms with van der Waals surface area (Å²) < 4.78 is 41.6. The van der Waals surface area contributed by atoms with Crippen molar-refractivity contribution in [2.45, 2.75) is 38.6 Å². The number of halogens is 3. The molecule has 1 aliphatic rings. The van der Waals surface area contributed by atoms with Gasteiger partial charge in [-0.15, -0.1) is 0 Å². The third-order valence-corrected chi connectivity index (χ3v) is 7.54. The normalized spacial score (nSPS) is 17.8. The number of hydrogen-bond acceptors (Lipinski definition) is 5. The van der Waals surface area contributed by atoms with Crippen LogP contribution in [0.2, 0.25) is 5.02 Å². The second-order valence-corrected chi connectivity index (χ2v) is 11.3. The molecular weight excluding hydrogens is 552 g/mol. The van der Waals surface area contributed by atoms with Crippen LogP contribution in [0.25, 0.3) is 10.9 Å². The fourth-order valence-corrected chi connectivity index (χ4v) is 5.41. The van der Waals surface area contributed by atoms with E-state index in [-0.39, 0.29) is 59.5 Å². The number of rotatable bonds is 9. The highest BCUT2D eigenvalue weighted by Gasteiger charge is 2.39. The number of nitrogens with one attached hydrogen (secondary N) is 1. The number of alkyl halides is 1. The minimum atomic E-state index is -1.43. The summed E-state index contributed by atoms with van der Waals surface area (Å²) in [6.45, 7) is 0.565. The molecule has 0 aliphatic carbocycles. The van der Waals surface area contributed by atoms with Crippen molar-refractivity contribution in [2.75, 3.05) is 18.6 Å². The predicted octanol–water partition coefficient (Wildman–Crippen LogP) is 3.45. The van der Waals surface area contributed by atoms with E-state index in [0.29, 0.717) is 16.5 Å². The molecule has 3 unspecified atom stereocenters. The van der Waals surface area contributed by atoms with E-state index in [1.807, 2.05) is 0 Å². The Bertz CT molecular complexity index is 1510. The van der Waals surface area contributed by atoms with Crippen molar-refractivity contribution in [1.29, 1.82) is 0 Å². The average Bonchev–Trinajstić information content (AvgIpc) is 3.45. The lowest BCUT2D eigenvalue weighted by atomic mass is 10.1. The Morgan fingerprint density at radius 3 is 2.62 bits per heavy atom. The number of likely N-dealkylation sites (tertiary alicyclic amines) is 1. The van der Waals surface area contributed by atoms with Crippen LogP contribution in [-0.2, 0) is 33.5 Å². The minimum Gasteiger partial charge on any atom is -0.350 e. The van der Waals surface area contributed by atoms with Gasteiger partial charge in [0.1, 0.15) is 24.6 Å². The van der Waals surface area contributed by atoms with Gasteiger partial charge in [-0.3, -0.25) is 23.4 Å². The zero-order valence-corrected chi connectivity index (χ0v) is 22.8. The van der Waals surface area contributed by atoms with Crippen LogP contribution in [0.15, 0.2) is 42.6 Å². The van der Waals surface area contributed by atoms with Crippen molar-refractivity contribution in [3.05, 3.63) is 70.1 Å². The van der Waals surface area contributed by atoms with Gasteiger partial charge in [0.25, 0.3) is 0 Å². The second-order valence-electron chi connectivity index (χ2n) is 9.43. The van der Waals surface area contributed by atoms with Crippen molar-refractivity contribution in [3.8, 4) is 0 Å². The van der Waals surface area contributed by atoms with Crippen molar-refractivity contribution in [1.82, 2.24) is 14.8 Å². The fourth-order valence-electron chi connectivity index (χ4n) is 4.68. The highest BCUT2D eigenvalue weighted by atomic mass is 35.5. The first kappa shape index (κ1) is 28.6. The third kappa shape index (κ3) is 6.25. The summed E-state index contributed by atoms with van der Waals surface area (Å²) in [5.41, 5.74) is 1.18. The Morgan fingerprint density at radius 1 is 1.18 bits per heavy atom. The quantitative estimate of drug-likeness (QED) is 0.392. The number of benzene rings is 2. The lowest BCUT2D eigenvalue weighted by Crippen LogP contribution is -2.46. The fraction of sp³-hybridized carbons (Fsp3) is 0.333. The topological polar surface area (TPSA) is 106 Å². The molecule has 1 saturated heterocycles. The van der Waals surface area contributed by atoms with E-state index in [1.54, 1.807) is 6.07 Å². The molecule has 206 valence electrons. The molecule has 0 saturated carbocycles. The van der Waals surface area contributed by atoms with E-state index in [1.165, 1.54) is 54.3 Å². The van der Waals surface area contributed by atoms with E-state index in [2.05, 4.69) is 5.32 Å². The molecule has 0 bridgehead atoms. The van der Waals surface area contributed by atoms with Gasteiger partial charge in [-0.1, -0.05) is 35.9 Å². The number of hydrogen-bond donors (Lipinski definition) is 1. The summed E-state index contributed by atoms with van der Waals surface area (Å²) >= 11 is 5.78. The monoisotopic (exact) mass is 577 g/mol. The van der Waals surface area contributed by atoms with Crippen LogP contribution in [0.5, 0.6) is 0 Å². The molecule has 2 aromatic carbocycles. The van der Waals surface area contributed by atoms with Crippen LogP contribution in [0.1, 0.15) is 39.6 Å². The van der Waals surface area contributed by atoms with Crippen molar-refractivity contribution in [2.24, 2.45) is 0 Å². The molecule has 4 rings (SSSR count). The number of carbonyl (C=O) groups is 4. The molecule has 1 aromatic heterocycles. The summed E-state index contributed by atoms with van der Waals surface area (Å²) in [4.78, 5) is 52.1. The molecule has 0 radical (unpaired) electrons. The number of nitrogens with zero attached hydrogens (tertiary/aromatic N) is 2. The van der Waals surface area contributed by atoms with Crippen LogP contribution >= 0.6 is 11.6 Å². The molecule has 3 atom stereocenters. The van der Waals surface area contributed by atoms with Crippen LogP contribution in [0, 0.1) is 5.82 Å². The lowest BCUT2D eigenvalue weighted by molar-refractivity contribution is -0.139. The van der Waals surface area contributed by atoms with Gasteiger partial charge in [-0.25, -0.2) is 8.78 Å². The number of carbonyl (C=O) groups excluding carboxylic acids is 4.